The molecule has 3 N–H and O–H groups in total. The van der Waals surface area contributed by atoms with Crippen molar-refractivity contribution < 1.29 is 4.79 Å². The molecule has 0 aromatic carbocycles. The highest BCUT2D eigenvalue weighted by Gasteiger charge is 2.12. The molecule has 1 heterocycles. The van der Waals surface area contributed by atoms with Gasteiger partial charge in [0, 0.05) is 19.5 Å². The fourth-order valence-corrected chi connectivity index (χ4v) is 3.08. The minimum Gasteiger partial charge on any atom is -0.343 e. The van der Waals surface area contributed by atoms with Crippen molar-refractivity contribution in [2.45, 2.75) is 77.0 Å². The van der Waals surface area contributed by atoms with Gasteiger partial charge in [-0.1, -0.05) is 44.9 Å². The van der Waals surface area contributed by atoms with Crippen molar-refractivity contribution in [1.29, 1.82) is 0 Å². The van der Waals surface area contributed by atoms with Crippen LogP contribution in [-0.2, 0) is 4.79 Å². The standard InChI is InChI=1S/C18H37N3O/c19-13-10-14-20-15-11-17-21-16-9-7-5-3-1-2-4-6-8-12-18(21)22/h20H,1-17,19H2. The van der Waals surface area contributed by atoms with Crippen LogP contribution in [0.15, 0.2) is 0 Å². The molecule has 0 radical (unpaired) electrons. The Morgan fingerprint density at radius 3 is 2.14 bits per heavy atom. The second-order valence-corrected chi connectivity index (χ2v) is 6.56. The highest BCUT2D eigenvalue weighted by molar-refractivity contribution is 5.76. The number of hydrogen-bond acceptors (Lipinski definition) is 3. The normalized spacial score (nSPS) is 19.3. The van der Waals surface area contributed by atoms with E-state index in [-0.39, 0.29) is 0 Å². The van der Waals surface area contributed by atoms with Gasteiger partial charge >= 0.3 is 0 Å². The van der Waals surface area contributed by atoms with E-state index < -0.39 is 0 Å². The predicted molar refractivity (Wildman–Crippen MR) is 93.9 cm³/mol. The topological polar surface area (TPSA) is 58.4 Å². The van der Waals surface area contributed by atoms with E-state index in [0.29, 0.717) is 5.91 Å². The number of amides is 1. The van der Waals surface area contributed by atoms with E-state index in [1.807, 2.05) is 0 Å². The van der Waals surface area contributed by atoms with E-state index >= 15 is 0 Å². The summed E-state index contributed by atoms with van der Waals surface area (Å²) < 4.78 is 0. The molecule has 1 amide bonds. The third kappa shape index (κ3) is 10.2. The summed E-state index contributed by atoms with van der Waals surface area (Å²) in [5.41, 5.74) is 5.48. The minimum absolute atomic E-state index is 0.376. The van der Waals surface area contributed by atoms with Gasteiger partial charge in [-0.3, -0.25) is 4.79 Å². The van der Waals surface area contributed by atoms with Crippen molar-refractivity contribution in [2.75, 3.05) is 32.7 Å². The van der Waals surface area contributed by atoms with Crippen LogP contribution in [0.25, 0.3) is 0 Å². The molecule has 4 nitrogen and oxygen atoms in total. The molecule has 4 heteroatoms. The maximum atomic E-state index is 12.4. The van der Waals surface area contributed by atoms with Crippen molar-refractivity contribution in [2.24, 2.45) is 5.73 Å². The van der Waals surface area contributed by atoms with Crippen LogP contribution in [-0.4, -0.2) is 43.5 Å². The van der Waals surface area contributed by atoms with Crippen LogP contribution in [0.5, 0.6) is 0 Å². The van der Waals surface area contributed by atoms with Gasteiger partial charge in [0.25, 0.3) is 0 Å². The highest BCUT2D eigenvalue weighted by Crippen LogP contribution is 2.13. The Bertz CT molecular complexity index is 271. The van der Waals surface area contributed by atoms with Gasteiger partial charge in [0.05, 0.1) is 0 Å². The van der Waals surface area contributed by atoms with Gasteiger partial charge in [-0.15, -0.1) is 0 Å². The lowest BCUT2D eigenvalue weighted by Crippen LogP contribution is -2.34. The minimum atomic E-state index is 0.376. The molecule has 1 aliphatic rings. The number of carbonyl (C=O) groups excluding carboxylic acids is 1. The molecule has 0 saturated carbocycles. The van der Waals surface area contributed by atoms with Crippen molar-refractivity contribution >= 4 is 5.91 Å². The van der Waals surface area contributed by atoms with Gasteiger partial charge in [0.15, 0.2) is 0 Å². The highest BCUT2D eigenvalue weighted by atomic mass is 16.2. The number of hydrogen-bond donors (Lipinski definition) is 2. The third-order valence-corrected chi connectivity index (χ3v) is 4.51. The smallest absolute Gasteiger partial charge is 0.222 e. The molecular formula is C18H37N3O. The maximum Gasteiger partial charge on any atom is 0.222 e. The Kier molecular flexibility index (Phi) is 12.4. The first kappa shape index (κ1) is 19.4. The summed E-state index contributed by atoms with van der Waals surface area (Å²) >= 11 is 0. The molecule has 0 aromatic heterocycles. The molecule has 1 rings (SSSR count). The van der Waals surface area contributed by atoms with E-state index in [1.165, 1.54) is 51.4 Å². The number of nitrogens with one attached hydrogen (secondary N) is 1. The lowest BCUT2D eigenvalue weighted by Gasteiger charge is -2.23. The summed E-state index contributed by atoms with van der Waals surface area (Å²) in [5.74, 6) is 0.376. The van der Waals surface area contributed by atoms with Crippen molar-refractivity contribution in [3.8, 4) is 0 Å². The second kappa shape index (κ2) is 14.0. The van der Waals surface area contributed by atoms with Crippen LogP contribution in [0.3, 0.4) is 0 Å². The van der Waals surface area contributed by atoms with Crippen LogP contribution in [0.4, 0.5) is 0 Å². The number of rotatable bonds is 7. The molecule has 1 aliphatic heterocycles. The average molecular weight is 312 g/mol. The van der Waals surface area contributed by atoms with Gasteiger partial charge in [0.1, 0.15) is 0 Å². The van der Waals surface area contributed by atoms with E-state index in [1.54, 1.807) is 0 Å². The Hall–Kier alpha value is -0.610. The molecule has 0 bridgehead atoms. The molecule has 130 valence electrons. The Morgan fingerprint density at radius 1 is 0.864 bits per heavy atom. The Balaban J connectivity index is 2.26. The molecule has 1 fully saturated rings. The zero-order chi connectivity index (χ0) is 15.9. The lowest BCUT2D eigenvalue weighted by molar-refractivity contribution is -0.131. The summed E-state index contributed by atoms with van der Waals surface area (Å²) in [5, 5.41) is 3.40. The average Bonchev–Trinajstić information content (AvgIpc) is 2.54. The molecule has 0 aliphatic carbocycles. The Labute approximate surface area is 137 Å². The summed E-state index contributed by atoms with van der Waals surface area (Å²) in [6.45, 7) is 4.60. The monoisotopic (exact) mass is 311 g/mol. The van der Waals surface area contributed by atoms with Crippen molar-refractivity contribution in [1.82, 2.24) is 10.2 Å². The number of carbonyl (C=O) groups is 1. The van der Waals surface area contributed by atoms with Crippen LogP contribution in [0.2, 0.25) is 0 Å². The predicted octanol–water partition coefficient (Wildman–Crippen LogP) is 3.06. The fourth-order valence-electron chi connectivity index (χ4n) is 3.08. The largest absolute Gasteiger partial charge is 0.343 e. The first-order chi connectivity index (χ1) is 10.8. The molecule has 0 aromatic rings. The fraction of sp³-hybridized carbons (Fsp3) is 0.944. The van der Waals surface area contributed by atoms with E-state index in [9.17, 15) is 4.79 Å². The van der Waals surface area contributed by atoms with Gasteiger partial charge in [-0.05, 0) is 45.3 Å². The first-order valence-corrected chi connectivity index (χ1v) is 9.53. The molecule has 0 spiro atoms. The molecule has 0 atom stereocenters. The van der Waals surface area contributed by atoms with Crippen LogP contribution >= 0.6 is 0 Å². The van der Waals surface area contributed by atoms with E-state index in [2.05, 4.69) is 10.2 Å². The zero-order valence-electron chi connectivity index (χ0n) is 14.5. The molecule has 1 saturated heterocycles. The molecule has 0 unspecified atom stereocenters. The van der Waals surface area contributed by atoms with Gasteiger partial charge in [0.2, 0.25) is 5.91 Å². The summed E-state index contributed by atoms with van der Waals surface area (Å²) in [6.07, 6.45) is 14.3. The SMILES string of the molecule is NCCCNCCCN1CCCCCCCCCCCC1=O. The zero-order valence-corrected chi connectivity index (χ0v) is 14.5. The maximum absolute atomic E-state index is 12.4. The van der Waals surface area contributed by atoms with Gasteiger partial charge in [-0.2, -0.15) is 0 Å². The van der Waals surface area contributed by atoms with Gasteiger partial charge in [-0.25, -0.2) is 0 Å². The number of nitrogens with zero attached hydrogens (tertiary/aromatic N) is 1. The second-order valence-electron chi connectivity index (χ2n) is 6.56. The summed E-state index contributed by atoms with van der Waals surface area (Å²) in [4.78, 5) is 14.5. The van der Waals surface area contributed by atoms with E-state index in [0.717, 1.165) is 58.4 Å². The summed E-state index contributed by atoms with van der Waals surface area (Å²) in [6, 6.07) is 0. The van der Waals surface area contributed by atoms with Gasteiger partial charge < -0.3 is 16.0 Å². The summed E-state index contributed by atoms with van der Waals surface area (Å²) in [7, 11) is 0. The number of nitrogens with two attached hydrogens (primary N) is 1. The lowest BCUT2D eigenvalue weighted by atomic mass is 10.1. The van der Waals surface area contributed by atoms with Crippen LogP contribution in [0, 0.1) is 0 Å². The first-order valence-electron chi connectivity index (χ1n) is 9.53. The quantitative estimate of drug-likeness (QED) is 0.710. The van der Waals surface area contributed by atoms with E-state index in [4.69, 9.17) is 5.73 Å². The third-order valence-electron chi connectivity index (χ3n) is 4.51. The van der Waals surface area contributed by atoms with Crippen LogP contribution < -0.4 is 11.1 Å². The Morgan fingerprint density at radius 2 is 1.45 bits per heavy atom. The van der Waals surface area contributed by atoms with Crippen molar-refractivity contribution in [3.05, 3.63) is 0 Å². The van der Waals surface area contributed by atoms with Crippen LogP contribution in [0.1, 0.15) is 77.0 Å². The molecular weight excluding hydrogens is 274 g/mol. The molecule has 22 heavy (non-hydrogen) atoms. The van der Waals surface area contributed by atoms with Crippen molar-refractivity contribution in [3.63, 3.8) is 0 Å².